The van der Waals surface area contributed by atoms with Crippen molar-refractivity contribution in [1.29, 1.82) is 0 Å². The molecule has 0 aliphatic rings. The van der Waals surface area contributed by atoms with Gasteiger partial charge in [0.2, 0.25) is 5.91 Å². The molecule has 0 atom stereocenters. The number of aromatic nitrogens is 3. The zero-order valence-electron chi connectivity index (χ0n) is 19.6. The van der Waals surface area contributed by atoms with Crippen LogP contribution in [0.2, 0.25) is 0 Å². The predicted octanol–water partition coefficient (Wildman–Crippen LogP) is 7.02. The van der Waals surface area contributed by atoms with Crippen molar-refractivity contribution in [2.45, 2.75) is 13.3 Å². The molecule has 0 aliphatic heterocycles. The second kappa shape index (κ2) is 10.5. The first kappa shape index (κ1) is 23.4. The molecule has 0 saturated heterocycles. The van der Waals surface area contributed by atoms with E-state index in [1.165, 1.54) is 35.1 Å². The Labute approximate surface area is 212 Å². The van der Waals surface area contributed by atoms with Crippen molar-refractivity contribution in [3.8, 4) is 28.2 Å². The van der Waals surface area contributed by atoms with Gasteiger partial charge in [-0.25, -0.2) is 14.1 Å². The number of hydrogen-bond donors (Lipinski definition) is 1. The molecule has 5 nitrogen and oxygen atoms in total. The number of para-hydroxylation sites is 1. The SMILES string of the molecule is CCc1ccc(-c2csc(NC(=O)/C=C/c3cn(-c4ccccc4)nc3-c3ccc(F)cc3)n2)cc1. The van der Waals surface area contributed by atoms with Crippen molar-refractivity contribution in [2.75, 3.05) is 5.32 Å². The Morgan fingerprint density at radius 1 is 1.00 bits per heavy atom. The highest BCUT2D eigenvalue weighted by molar-refractivity contribution is 7.14. The van der Waals surface area contributed by atoms with Crippen LogP contribution < -0.4 is 5.32 Å². The fraction of sp³-hybridized carbons (Fsp3) is 0.0690. The average Bonchev–Trinajstić information content (AvgIpc) is 3.56. The molecule has 0 fully saturated rings. The first-order valence-corrected chi connectivity index (χ1v) is 12.4. The number of carbonyl (C=O) groups is 1. The van der Waals surface area contributed by atoms with Crippen LogP contribution in [0.4, 0.5) is 9.52 Å². The molecule has 1 N–H and O–H groups in total. The van der Waals surface area contributed by atoms with Crippen LogP contribution in [-0.4, -0.2) is 20.7 Å². The van der Waals surface area contributed by atoms with Crippen LogP contribution in [0.5, 0.6) is 0 Å². The van der Waals surface area contributed by atoms with Crippen LogP contribution in [-0.2, 0) is 11.2 Å². The molecular weight excluding hydrogens is 471 g/mol. The third-order valence-electron chi connectivity index (χ3n) is 5.69. The summed E-state index contributed by atoms with van der Waals surface area (Å²) in [6, 6.07) is 24.1. The highest BCUT2D eigenvalue weighted by atomic mass is 32.1. The van der Waals surface area contributed by atoms with Gasteiger partial charge < -0.3 is 0 Å². The Balaban J connectivity index is 1.36. The van der Waals surface area contributed by atoms with E-state index in [-0.39, 0.29) is 11.7 Å². The maximum Gasteiger partial charge on any atom is 0.250 e. The van der Waals surface area contributed by atoms with Crippen LogP contribution in [0.1, 0.15) is 18.1 Å². The minimum absolute atomic E-state index is 0.297. The van der Waals surface area contributed by atoms with E-state index in [1.54, 1.807) is 22.9 Å². The lowest BCUT2D eigenvalue weighted by Gasteiger charge is -2.00. The second-order valence-corrected chi connectivity index (χ2v) is 8.99. The highest BCUT2D eigenvalue weighted by Gasteiger charge is 2.12. The molecule has 0 bridgehead atoms. The zero-order valence-corrected chi connectivity index (χ0v) is 20.4. The van der Waals surface area contributed by atoms with Gasteiger partial charge in [0.1, 0.15) is 5.82 Å². The largest absolute Gasteiger partial charge is 0.298 e. The molecule has 1 amide bonds. The van der Waals surface area contributed by atoms with E-state index in [9.17, 15) is 9.18 Å². The third-order valence-corrected chi connectivity index (χ3v) is 6.45. The third kappa shape index (κ3) is 5.31. The molecule has 7 heteroatoms. The van der Waals surface area contributed by atoms with E-state index in [0.29, 0.717) is 10.8 Å². The van der Waals surface area contributed by atoms with E-state index in [1.807, 2.05) is 54.0 Å². The number of amides is 1. The number of halogens is 1. The summed E-state index contributed by atoms with van der Waals surface area (Å²) in [5.74, 6) is -0.614. The molecule has 0 radical (unpaired) electrons. The summed E-state index contributed by atoms with van der Waals surface area (Å²) >= 11 is 1.38. The fourth-order valence-corrected chi connectivity index (χ4v) is 4.46. The summed E-state index contributed by atoms with van der Waals surface area (Å²) in [5.41, 5.74) is 6.12. The Kier molecular flexibility index (Phi) is 6.82. The van der Waals surface area contributed by atoms with Crippen LogP contribution in [0.3, 0.4) is 0 Å². The molecule has 2 heterocycles. The Hall–Kier alpha value is -4.36. The van der Waals surface area contributed by atoms with Gasteiger partial charge in [-0.2, -0.15) is 5.10 Å². The lowest BCUT2D eigenvalue weighted by Crippen LogP contribution is -2.07. The monoisotopic (exact) mass is 494 g/mol. The second-order valence-electron chi connectivity index (χ2n) is 8.13. The van der Waals surface area contributed by atoms with Crippen molar-refractivity contribution >= 4 is 28.5 Å². The van der Waals surface area contributed by atoms with Gasteiger partial charge in [-0.15, -0.1) is 11.3 Å². The van der Waals surface area contributed by atoms with Crippen molar-refractivity contribution < 1.29 is 9.18 Å². The molecule has 178 valence electrons. The quantitative estimate of drug-likeness (QED) is 0.247. The Morgan fingerprint density at radius 2 is 1.72 bits per heavy atom. The summed E-state index contributed by atoms with van der Waals surface area (Å²) in [6.45, 7) is 2.12. The molecule has 0 spiro atoms. The highest BCUT2D eigenvalue weighted by Crippen LogP contribution is 2.27. The standard InChI is InChI=1S/C29H23FN4OS/c1-2-20-8-10-21(11-9-20)26-19-36-29(31-26)32-27(35)17-14-23-18-34(25-6-4-3-5-7-25)33-28(23)22-12-15-24(30)16-13-22/h3-19H,2H2,1H3,(H,31,32,35)/b17-14+. The molecular formula is C29H23FN4OS. The summed E-state index contributed by atoms with van der Waals surface area (Å²) in [5, 5.41) is 9.98. The maximum atomic E-state index is 13.5. The lowest BCUT2D eigenvalue weighted by molar-refractivity contribution is -0.111. The van der Waals surface area contributed by atoms with Crippen molar-refractivity contribution in [2.24, 2.45) is 0 Å². The van der Waals surface area contributed by atoms with E-state index in [4.69, 9.17) is 5.10 Å². The summed E-state index contributed by atoms with van der Waals surface area (Å²) in [6.07, 6.45) is 5.99. The maximum absolute atomic E-state index is 13.5. The molecule has 0 aliphatic carbocycles. The number of hydrogen-bond acceptors (Lipinski definition) is 4. The number of nitrogens with one attached hydrogen (secondary N) is 1. The Morgan fingerprint density at radius 3 is 2.44 bits per heavy atom. The molecule has 5 aromatic rings. The number of carbonyl (C=O) groups excluding carboxylic acids is 1. The van der Waals surface area contributed by atoms with Gasteiger partial charge in [-0.05, 0) is 54.5 Å². The van der Waals surface area contributed by atoms with Gasteiger partial charge in [-0.1, -0.05) is 49.4 Å². The van der Waals surface area contributed by atoms with E-state index in [0.717, 1.165) is 34.5 Å². The Bertz CT molecular complexity index is 1500. The van der Waals surface area contributed by atoms with Crippen LogP contribution in [0.15, 0.2) is 96.5 Å². The number of benzene rings is 3. The minimum Gasteiger partial charge on any atom is -0.298 e. The smallest absolute Gasteiger partial charge is 0.250 e. The van der Waals surface area contributed by atoms with Crippen molar-refractivity contribution in [3.05, 3.63) is 113 Å². The van der Waals surface area contributed by atoms with Crippen molar-refractivity contribution in [3.63, 3.8) is 0 Å². The zero-order chi connectivity index (χ0) is 24.9. The van der Waals surface area contributed by atoms with Crippen molar-refractivity contribution in [1.82, 2.24) is 14.8 Å². The topological polar surface area (TPSA) is 59.8 Å². The number of aryl methyl sites for hydroxylation is 1. The molecule has 0 unspecified atom stereocenters. The number of rotatable bonds is 7. The van der Waals surface area contributed by atoms with Crippen LogP contribution in [0, 0.1) is 5.82 Å². The molecule has 5 rings (SSSR count). The predicted molar refractivity (Wildman–Crippen MR) is 144 cm³/mol. The number of thiazole rings is 1. The normalized spacial score (nSPS) is 11.2. The summed E-state index contributed by atoms with van der Waals surface area (Å²) in [4.78, 5) is 17.2. The molecule has 0 saturated carbocycles. The van der Waals surface area contributed by atoms with Gasteiger partial charge in [0.05, 0.1) is 17.1 Å². The van der Waals surface area contributed by atoms with Crippen LogP contribution >= 0.6 is 11.3 Å². The van der Waals surface area contributed by atoms with Crippen LogP contribution in [0.25, 0.3) is 34.3 Å². The summed E-state index contributed by atoms with van der Waals surface area (Å²) in [7, 11) is 0. The first-order valence-electron chi connectivity index (χ1n) is 11.5. The van der Waals surface area contributed by atoms with E-state index >= 15 is 0 Å². The fourth-order valence-electron chi connectivity index (χ4n) is 3.74. The van der Waals surface area contributed by atoms with Gasteiger partial charge in [-0.3, -0.25) is 10.1 Å². The summed E-state index contributed by atoms with van der Waals surface area (Å²) < 4.78 is 15.2. The van der Waals surface area contributed by atoms with Gasteiger partial charge >= 0.3 is 0 Å². The average molecular weight is 495 g/mol. The van der Waals surface area contributed by atoms with E-state index < -0.39 is 0 Å². The lowest BCUT2D eigenvalue weighted by atomic mass is 10.1. The molecule has 2 aromatic heterocycles. The van der Waals surface area contributed by atoms with Gasteiger partial charge in [0.25, 0.3) is 0 Å². The number of nitrogens with zero attached hydrogens (tertiary/aromatic N) is 3. The first-order chi connectivity index (χ1) is 17.6. The molecule has 36 heavy (non-hydrogen) atoms. The number of anilines is 1. The van der Waals surface area contributed by atoms with Gasteiger partial charge in [0, 0.05) is 34.3 Å². The minimum atomic E-state index is -0.318. The van der Waals surface area contributed by atoms with Gasteiger partial charge in [0.15, 0.2) is 5.13 Å². The molecule has 3 aromatic carbocycles. The van der Waals surface area contributed by atoms with E-state index in [2.05, 4.69) is 29.4 Å².